The molecule has 0 saturated carbocycles. The van der Waals surface area contributed by atoms with E-state index in [1.54, 1.807) is 44.0 Å². The van der Waals surface area contributed by atoms with Crippen LogP contribution >= 0.6 is 0 Å². The average molecular weight is 242 g/mol. The number of hydrogen-bond donors (Lipinski definition) is 2. The van der Waals surface area contributed by atoms with Gasteiger partial charge in [-0.3, -0.25) is 14.8 Å². The van der Waals surface area contributed by atoms with E-state index in [0.717, 1.165) is 11.3 Å². The van der Waals surface area contributed by atoms with Crippen LogP contribution in [0.3, 0.4) is 0 Å². The van der Waals surface area contributed by atoms with Crippen LogP contribution in [0.15, 0.2) is 36.9 Å². The molecule has 5 nitrogen and oxygen atoms in total. The highest BCUT2D eigenvalue weighted by Crippen LogP contribution is 2.17. The van der Waals surface area contributed by atoms with Crippen LogP contribution in [-0.2, 0) is 0 Å². The van der Waals surface area contributed by atoms with Gasteiger partial charge in [0.2, 0.25) is 0 Å². The normalized spacial score (nSPS) is 9.89. The minimum atomic E-state index is -0.170. The largest absolute Gasteiger partial charge is 0.386 e. The summed E-state index contributed by atoms with van der Waals surface area (Å²) in [5, 5.41) is 5.80. The van der Waals surface area contributed by atoms with Gasteiger partial charge in [0.1, 0.15) is 0 Å². The summed E-state index contributed by atoms with van der Waals surface area (Å²) in [7, 11) is 1.76. The molecule has 0 bridgehead atoms. The van der Waals surface area contributed by atoms with Gasteiger partial charge >= 0.3 is 0 Å². The van der Waals surface area contributed by atoms with Gasteiger partial charge in [0.25, 0.3) is 5.91 Å². The van der Waals surface area contributed by atoms with Crippen molar-refractivity contribution in [1.29, 1.82) is 0 Å². The maximum atomic E-state index is 12.1. The summed E-state index contributed by atoms with van der Waals surface area (Å²) in [6.45, 7) is 1.90. The molecule has 2 N–H and O–H groups in total. The monoisotopic (exact) mass is 242 g/mol. The first-order valence-electron chi connectivity index (χ1n) is 5.56. The van der Waals surface area contributed by atoms with E-state index in [4.69, 9.17) is 0 Å². The van der Waals surface area contributed by atoms with Crippen molar-refractivity contribution in [3.05, 3.63) is 48.0 Å². The molecule has 0 unspecified atom stereocenters. The van der Waals surface area contributed by atoms with E-state index in [9.17, 15) is 4.79 Å². The van der Waals surface area contributed by atoms with Gasteiger partial charge in [-0.2, -0.15) is 0 Å². The topological polar surface area (TPSA) is 66.9 Å². The minimum Gasteiger partial charge on any atom is -0.386 e. The third-order valence-corrected chi connectivity index (χ3v) is 2.60. The van der Waals surface area contributed by atoms with Gasteiger partial charge in [0.05, 0.1) is 17.4 Å². The number of anilines is 2. The number of carbonyl (C=O) groups is 1. The van der Waals surface area contributed by atoms with E-state index >= 15 is 0 Å². The second-order valence-corrected chi connectivity index (χ2v) is 3.82. The Balaban J connectivity index is 2.25. The fraction of sp³-hybridized carbons (Fsp3) is 0.154. The number of pyridine rings is 2. The zero-order valence-electron chi connectivity index (χ0n) is 10.3. The van der Waals surface area contributed by atoms with E-state index in [2.05, 4.69) is 20.6 Å². The molecule has 2 aromatic rings. The Morgan fingerprint density at radius 2 is 1.83 bits per heavy atom. The molecule has 1 amide bonds. The lowest BCUT2D eigenvalue weighted by Crippen LogP contribution is -2.14. The highest BCUT2D eigenvalue weighted by molar-refractivity contribution is 6.08. The molecule has 0 saturated heterocycles. The molecule has 0 fully saturated rings. The quantitative estimate of drug-likeness (QED) is 0.864. The molecule has 92 valence electrons. The smallest absolute Gasteiger partial charge is 0.257 e. The predicted octanol–water partition coefficient (Wildman–Crippen LogP) is 2.08. The fourth-order valence-electron chi connectivity index (χ4n) is 1.59. The first-order chi connectivity index (χ1) is 8.72. The Hall–Kier alpha value is -2.43. The molecule has 0 atom stereocenters. The summed E-state index contributed by atoms with van der Waals surface area (Å²) in [5.41, 5.74) is 2.94. The third-order valence-electron chi connectivity index (χ3n) is 2.60. The summed E-state index contributed by atoms with van der Waals surface area (Å²) in [6.07, 6.45) is 6.57. The summed E-state index contributed by atoms with van der Waals surface area (Å²) < 4.78 is 0. The van der Waals surface area contributed by atoms with Crippen LogP contribution in [0, 0.1) is 6.92 Å². The molecular weight excluding hydrogens is 228 g/mol. The molecule has 2 heterocycles. The molecule has 5 heteroatoms. The number of aromatic nitrogens is 2. The average Bonchev–Trinajstić information content (AvgIpc) is 2.41. The SMILES string of the molecule is CNc1cnccc1C(=O)Nc1ccncc1C. The molecule has 18 heavy (non-hydrogen) atoms. The lowest BCUT2D eigenvalue weighted by atomic mass is 10.2. The van der Waals surface area contributed by atoms with Gasteiger partial charge in [-0.15, -0.1) is 0 Å². The van der Waals surface area contributed by atoms with Crippen molar-refractivity contribution in [1.82, 2.24) is 9.97 Å². The molecule has 0 aliphatic rings. The Labute approximate surface area is 105 Å². The van der Waals surface area contributed by atoms with Crippen molar-refractivity contribution in [2.75, 3.05) is 17.7 Å². The molecule has 0 aliphatic carbocycles. The maximum Gasteiger partial charge on any atom is 0.257 e. The number of nitrogens with one attached hydrogen (secondary N) is 2. The first-order valence-corrected chi connectivity index (χ1v) is 5.56. The van der Waals surface area contributed by atoms with Crippen LogP contribution in [0.25, 0.3) is 0 Å². The number of hydrogen-bond acceptors (Lipinski definition) is 4. The zero-order chi connectivity index (χ0) is 13.0. The van der Waals surface area contributed by atoms with Crippen molar-refractivity contribution < 1.29 is 4.79 Å². The van der Waals surface area contributed by atoms with Crippen LogP contribution in [0.1, 0.15) is 15.9 Å². The van der Waals surface area contributed by atoms with Crippen molar-refractivity contribution in [3.8, 4) is 0 Å². The van der Waals surface area contributed by atoms with Crippen LogP contribution in [-0.4, -0.2) is 22.9 Å². The van der Waals surface area contributed by atoms with Gasteiger partial charge in [-0.1, -0.05) is 0 Å². The van der Waals surface area contributed by atoms with Gasteiger partial charge in [0.15, 0.2) is 0 Å². The van der Waals surface area contributed by atoms with Crippen molar-refractivity contribution in [2.24, 2.45) is 0 Å². The summed E-state index contributed by atoms with van der Waals surface area (Å²) in [6, 6.07) is 3.45. The summed E-state index contributed by atoms with van der Waals surface area (Å²) in [4.78, 5) is 20.1. The Kier molecular flexibility index (Phi) is 3.52. The number of carbonyl (C=O) groups excluding carboxylic acids is 1. The Morgan fingerprint density at radius 1 is 1.11 bits per heavy atom. The van der Waals surface area contributed by atoms with Gasteiger partial charge in [-0.25, -0.2) is 0 Å². The summed E-state index contributed by atoms with van der Waals surface area (Å²) in [5.74, 6) is -0.170. The molecular formula is C13H14N4O. The van der Waals surface area contributed by atoms with Crippen LogP contribution in [0.4, 0.5) is 11.4 Å². The van der Waals surface area contributed by atoms with E-state index in [-0.39, 0.29) is 5.91 Å². The molecule has 0 spiro atoms. The summed E-state index contributed by atoms with van der Waals surface area (Å²) >= 11 is 0. The van der Waals surface area contributed by atoms with Crippen molar-refractivity contribution in [2.45, 2.75) is 6.92 Å². The second kappa shape index (κ2) is 5.27. The highest BCUT2D eigenvalue weighted by Gasteiger charge is 2.11. The lowest BCUT2D eigenvalue weighted by molar-refractivity contribution is 0.102. The maximum absolute atomic E-state index is 12.1. The minimum absolute atomic E-state index is 0.170. The number of amides is 1. The second-order valence-electron chi connectivity index (χ2n) is 3.82. The van der Waals surface area contributed by atoms with Gasteiger partial charge in [0, 0.05) is 31.3 Å². The third kappa shape index (κ3) is 2.45. The van der Waals surface area contributed by atoms with Gasteiger partial charge in [-0.05, 0) is 24.6 Å². The van der Waals surface area contributed by atoms with E-state index in [0.29, 0.717) is 11.3 Å². The molecule has 2 rings (SSSR count). The standard InChI is InChI=1S/C13H14N4O/c1-9-7-15-6-4-11(9)17-13(18)10-3-5-16-8-12(10)14-2/h3-8,14H,1-2H3,(H,15,17,18). The van der Waals surface area contributed by atoms with E-state index in [1.807, 2.05) is 6.92 Å². The van der Waals surface area contributed by atoms with Crippen molar-refractivity contribution in [3.63, 3.8) is 0 Å². The van der Waals surface area contributed by atoms with Crippen LogP contribution in [0.2, 0.25) is 0 Å². The molecule has 0 radical (unpaired) electrons. The van der Waals surface area contributed by atoms with E-state index in [1.165, 1.54) is 0 Å². The van der Waals surface area contributed by atoms with Crippen LogP contribution in [0.5, 0.6) is 0 Å². The highest BCUT2D eigenvalue weighted by atomic mass is 16.1. The molecule has 0 aromatic carbocycles. The van der Waals surface area contributed by atoms with Gasteiger partial charge < -0.3 is 10.6 Å². The van der Waals surface area contributed by atoms with Crippen molar-refractivity contribution >= 4 is 17.3 Å². The predicted molar refractivity (Wildman–Crippen MR) is 70.7 cm³/mol. The first kappa shape index (κ1) is 12.0. The van der Waals surface area contributed by atoms with E-state index < -0.39 is 0 Å². The number of aryl methyl sites for hydroxylation is 1. The lowest BCUT2D eigenvalue weighted by Gasteiger charge is -2.10. The number of rotatable bonds is 3. The Morgan fingerprint density at radius 3 is 2.56 bits per heavy atom. The zero-order valence-corrected chi connectivity index (χ0v) is 10.3. The Bertz CT molecular complexity index is 568. The number of nitrogens with zero attached hydrogens (tertiary/aromatic N) is 2. The molecule has 2 aromatic heterocycles. The fourth-order valence-corrected chi connectivity index (χ4v) is 1.59. The molecule has 0 aliphatic heterocycles. The van der Waals surface area contributed by atoms with Crippen LogP contribution < -0.4 is 10.6 Å².